The molecule has 0 aliphatic carbocycles. The number of hydrogen-bond donors (Lipinski definition) is 1. The zero-order chi connectivity index (χ0) is 26.9. The molecule has 1 atom stereocenters. The molecule has 0 saturated carbocycles. The van der Waals surface area contributed by atoms with Gasteiger partial charge < -0.3 is 15.2 Å². The molecule has 8 heteroatoms. The number of rotatable bonds is 24. The number of hydrogen-bond acceptors (Lipinski definition) is 7. The van der Waals surface area contributed by atoms with Crippen molar-refractivity contribution in [1.29, 1.82) is 0 Å². The maximum absolute atomic E-state index is 12.0. The summed E-state index contributed by atoms with van der Waals surface area (Å²) in [5.74, 6) is -2.68. The van der Waals surface area contributed by atoms with Gasteiger partial charge in [0.2, 0.25) is 0 Å². The van der Waals surface area contributed by atoms with Crippen molar-refractivity contribution in [3.05, 3.63) is 0 Å². The van der Waals surface area contributed by atoms with Gasteiger partial charge in [0.1, 0.15) is 6.04 Å². The summed E-state index contributed by atoms with van der Waals surface area (Å²) in [6.45, 7) is 4.40. The van der Waals surface area contributed by atoms with E-state index >= 15 is 0 Å². The number of esters is 4. The molecule has 0 rings (SSSR count). The van der Waals surface area contributed by atoms with Gasteiger partial charge in [-0.05, 0) is 19.3 Å². The molecule has 0 aromatic rings. The van der Waals surface area contributed by atoms with Crippen molar-refractivity contribution in [3.63, 3.8) is 0 Å². The number of carbonyl (C=O) groups excluding carboxylic acids is 4. The van der Waals surface area contributed by atoms with Crippen LogP contribution >= 0.6 is 0 Å². The predicted molar refractivity (Wildman–Crippen MR) is 150 cm³/mol. The summed E-state index contributed by atoms with van der Waals surface area (Å²) in [6.07, 6.45) is 20.6. The van der Waals surface area contributed by atoms with E-state index < -0.39 is 29.9 Å². The first-order valence-corrected chi connectivity index (χ1v) is 14.6. The van der Waals surface area contributed by atoms with Crippen LogP contribution in [0.5, 0.6) is 0 Å². The molecule has 0 saturated heterocycles. The summed E-state index contributed by atoms with van der Waals surface area (Å²) < 4.78 is 9.58. The fourth-order valence-corrected chi connectivity index (χ4v) is 4.02. The standard InChI is InChI=1S/C29H53NO6.K.H/c1-3-5-7-9-11-13-15-17-19-21-26(31)35-28(33)24-23-25(30)29(34)36-27(32)22-20-18-16-14-12-10-8-6-4-2;;/h25H,3-24,30H2,1-2H3;;/t25-;;/m0../s1. The Hall–Kier alpha value is -0.124. The minimum absolute atomic E-state index is 0. The van der Waals surface area contributed by atoms with Crippen LogP contribution in [0.1, 0.15) is 155 Å². The van der Waals surface area contributed by atoms with E-state index in [-0.39, 0.29) is 77.1 Å². The number of carbonyl (C=O) groups is 4. The molecule has 0 aromatic heterocycles. The minimum atomic E-state index is -1.10. The van der Waals surface area contributed by atoms with E-state index in [1.165, 1.54) is 77.0 Å². The van der Waals surface area contributed by atoms with E-state index in [4.69, 9.17) is 15.2 Å². The Bertz CT molecular complexity index is 599. The van der Waals surface area contributed by atoms with Crippen LogP contribution in [0.3, 0.4) is 0 Å². The molecule has 7 nitrogen and oxygen atoms in total. The zero-order valence-corrected chi connectivity index (χ0v) is 23.2. The van der Waals surface area contributed by atoms with Crippen LogP contribution in [0.4, 0.5) is 0 Å². The van der Waals surface area contributed by atoms with Crippen molar-refractivity contribution < 1.29 is 28.7 Å². The van der Waals surface area contributed by atoms with Gasteiger partial charge in [-0.3, -0.25) is 14.4 Å². The molecule has 0 bridgehead atoms. The van der Waals surface area contributed by atoms with Crippen molar-refractivity contribution in [2.24, 2.45) is 5.73 Å². The van der Waals surface area contributed by atoms with Gasteiger partial charge in [-0.25, -0.2) is 4.79 Å². The molecule has 0 fully saturated rings. The number of nitrogens with two attached hydrogens (primary N) is 1. The van der Waals surface area contributed by atoms with E-state index in [9.17, 15) is 19.2 Å². The first kappa shape index (κ1) is 39.0. The van der Waals surface area contributed by atoms with Gasteiger partial charge in [0.15, 0.2) is 0 Å². The van der Waals surface area contributed by atoms with Gasteiger partial charge in [0, 0.05) is 19.3 Å². The summed E-state index contributed by atoms with van der Waals surface area (Å²) in [6, 6.07) is -1.10. The van der Waals surface area contributed by atoms with E-state index in [1.807, 2.05) is 0 Å². The number of unbranched alkanes of at least 4 members (excludes halogenated alkanes) is 16. The third-order valence-electron chi connectivity index (χ3n) is 6.37. The quantitative estimate of drug-likeness (QED) is 0.0637. The average molecular weight is 552 g/mol. The summed E-state index contributed by atoms with van der Waals surface area (Å²) in [5, 5.41) is 0. The number of ether oxygens (including phenoxy) is 2. The fraction of sp³-hybridized carbons (Fsp3) is 0.862. The molecule has 0 aliphatic heterocycles. The van der Waals surface area contributed by atoms with Crippen LogP contribution in [0.15, 0.2) is 0 Å². The van der Waals surface area contributed by atoms with Crippen LogP contribution in [0.25, 0.3) is 0 Å². The van der Waals surface area contributed by atoms with Crippen LogP contribution in [-0.4, -0.2) is 81.3 Å². The van der Waals surface area contributed by atoms with Crippen LogP contribution in [0.2, 0.25) is 0 Å². The van der Waals surface area contributed by atoms with Gasteiger partial charge in [-0.15, -0.1) is 0 Å². The predicted octanol–water partition coefficient (Wildman–Crippen LogP) is 6.43. The average Bonchev–Trinajstić information content (AvgIpc) is 2.85. The Morgan fingerprint density at radius 2 is 0.838 bits per heavy atom. The topological polar surface area (TPSA) is 113 Å². The molecular formula is C29H54KNO6. The van der Waals surface area contributed by atoms with Gasteiger partial charge >= 0.3 is 75.3 Å². The van der Waals surface area contributed by atoms with Crippen molar-refractivity contribution in [2.45, 2.75) is 161 Å². The Balaban J connectivity index is 0. The van der Waals surface area contributed by atoms with E-state index in [1.54, 1.807) is 0 Å². The Kier molecular flexibility index (Phi) is 30.5. The van der Waals surface area contributed by atoms with Crippen LogP contribution in [-0.2, 0) is 28.7 Å². The molecule has 0 radical (unpaired) electrons. The molecule has 0 spiro atoms. The molecule has 0 aliphatic rings. The van der Waals surface area contributed by atoms with Gasteiger partial charge in [0.05, 0.1) is 0 Å². The second-order valence-electron chi connectivity index (χ2n) is 9.94. The van der Waals surface area contributed by atoms with Crippen molar-refractivity contribution in [3.8, 4) is 0 Å². The Morgan fingerprint density at radius 1 is 0.514 bits per heavy atom. The summed E-state index contributed by atoms with van der Waals surface area (Å²) in [5.41, 5.74) is 5.73. The summed E-state index contributed by atoms with van der Waals surface area (Å²) >= 11 is 0. The third kappa shape index (κ3) is 27.2. The van der Waals surface area contributed by atoms with Gasteiger partial charge in [0.25, 0.3) is 0 Å². The molecule has 212 valence electrons. The molecule has 2 N–H and O–H groups in total. The molecular weight excluding hydrogens is 497 g/mol. The molecule has 0 unspecified atom stereocenters. The first-order chi connectivity index (χ1) is 17.4. The van der Waals surface area contributed by atoms with Gasteiger partial charge in [-0.1, -0.05) is 117 Å². The monoisotopic (exact) mass is 551 g/mol. The van der Waals surface area contributed by atoms with Crippen molar-refractivity contribution >= 4 is 75.3 Å². The third-order valence-corrected chi connectivity index (χ3v) is 6.37. The van der Waals surface area contributed by atoms with Crippen molar-refractivity contribution in [1.82, 2.24) is 0 Å². The molecule has 0 aromatic carbocycles. The normalized spacial score (nSPS) is 11.4. The first-order valence-electron chi connectivity index (χ1n) is 14.6. The second kappa shape index (κ2) is 28.9. The van der Waals surface area contributed by atoms with Gasteiger partial charge in [-0.2, -0.15) is 0 Å². The fourth-order valence-electron chi connectivity index (χ4n) is 4.02. The SMILES string of the molecule is CCCCCCCCCCCC(=O)OC(=O)CC[C@H](N)C(=O)OC(=O)CCCCCCCCCCC.[KH]. The van der Waals surface area contributed by atoms with Crippen LogP contribution < -0.4 is 5.73 Å². The Labute approximate surface area is 268 Å². The summed E-state index contributed by atoms with van der Waals surface area (Å²) in [4.78, 5) is 47.4. The molecule has 0 heterocycles. The van der Waals surface area contributed by atoms with E-state index in [2.05, 4.69) is 13.8 Å². The Morgan fingerprint density at radius 3 is 1.24 bits per heavy atom. The second-order valence-corrected chi connectivity index (χ2v) is 9.94. The van der Waals surface area contributed by atoms with Crippen LogP contribution in [0, 0.1) is 0 Å². The molecule has 37 heavy (non-hydrogen) atoms. The van der Waals surface area contributed by atoms with E-state index in [0.717, 1.165) is 25.7 Å². The van der Waals surface area contributed by atoms with E-state index in [0.29, 0.717) is 12.8 Å². The summed E-state index contributed by atoms with van der Waals surface area (Å²) in [7, 11) is 0. The zero-order valence-electron chi connectivity index (χ0n) is 23.2. The molecule has 0 amide bonds. The maximum atomic E-state index is 12.0. The van der Waals surface area contributed by atoms with Crippen molar-refractivity contribution in [2.75, 3.05) is 0 Å².